The molecule has 0 fully saturated rings. The molecule has 0 aliphatic rings. The first kappa shape index (κ1) is 23.4. The molecule has 140 valence electrons. The highest BCUT2D eigenvalue weighted by atomic mass is 32.1. The Morgan fingerprint density at radius 1 is 0.800 bits per heavy atom. The predicted octanol–water partition coefficient (Wildman–Crippen LogP) is 3.67. The zero-order chi connectivity index (χ0) is 18.8. The van der Waals surface area contributed by atoms with Gasteiger partial charge in [0.05, 0.1) is 0 Å². The maximum atomic E-state index is 5.70. The number of hydrogen-bond donors (Lipinski definition) is 4. The standard InChI is InChI=1S/C17H26N2S6/c1-13-12-14(16(24)18(4-8-20)5-9-21)2-3-15(13)17(25)19(6-10-22)7-11-23/h2-3,12,20-23H,4-11H2,1H3. The number of benzene rings is 1. The fourth-order valence-electron chi connectivity index (χ4n) is 2.50. The van der Waals surface area contributed by atoms with Gasteiger partial charge >= 0.3 is 0 Å². The summed E-state index contributed by atoms with van der Waals surface area (Å²) in [5.74, 6) is 3.05. The molecule has 8 heteroatoms. The maximum absolute atomic E-state index is 5.70. The predicted molar refractivity (Wildman–Crippen MR) is 133 cm³/mol. The van der Waals surface area contributed by atoms with Gasteiger partial charge in [-0.2, -0.15) is 50.5 Å². The molecule has 0 atom stereocenters. The smallest absolute Gasteiger partial charge is 0.109 e. The summed E-state index contributed by atoms with van der Waals surface area (Å²) in [6.45, 7) is 5.35. The molecule has 0 amide bonds. The Hall–Kier alpha value is 0.400. The summed E-state index contributed by atoms with van der Waals surface area (Å²) in [5.41, 5.74) is 3.24. The minimum Gasteiger partial charge on any atom is -0.361 e. The number of thiocarbonyl (C=S) groups is 2. The van der Waals surface area contributed by atoms with Crippen LogP contribution in [0.15, 0.2) is 18.2 Å². The first-order valence-electron chi connectivity index (χ1n) is 8.12. The summed E-state index contributed by atoms with van der Waals surface area (Å²) in [6.07, 6.45) is 0. The van der Waals surface area contributed by atoms with Gasteiger partial charge in [-0.3, -0.25) is 0 Å². The summed E-state index contributed by atoms with van der Waals surface area (Å²) in [5, 5.41) is 0. The number of thiol groups is 4. The molecule has 0 aliphatic heterocycles. The van der Waals surface area contributed by atoms with Crippen molar-refractivity contribution in [3.63, 3.8) is 0 Å². The van der Waals surface area contributed by atoms with E-state index in [2.05, 4.69) is 85.4 Å². The van der Waals surface area contributed by atoms with Crippen LogP contribution >= 0.6 is 75.0 Å². The Kier molecular flexibility index (Phi) is 11.9. The van der Waals surface area contributed by atoms with Crippen LogP contribution in [0.2, 0.25) is 0 Å². The van der Waals surface area contributed by atoms with Crippen molar-refractivity contribution in [1.82, 2.24) is 9.80 Å². The Balaban J connectivity index is 3.02. The minimum absolute atomic E-state index is 0.761. The average Bonchev–Trinajstić information content (AvgIpc) is 2.60. The normalized spacial score (nSPS) is 10.6. The van der Waals surface area contributed by atoms with Crippen molar-refractivity contribution in [1.29, 1.82) is 0 Å². The molecule has 0 heterocycles. The van der Waals surface area contributed by atoms with Gasteiger partial charge in [-0.25, -0.2) is 0 Å². The molecule has 1 rings (SSSR count). The maximum Gasteiger partial charge on any atom is 0.109 e. The van der Waals surface area contributed by atoms with Crippen molar-refractivity contribution in [2.75, 3.05) is 49.2 Å². The molecule has 0 unspecified atom stereocenters. The van der Waals surface area contributed by atoms with Crippen LogP contribution in [0.4, 0.5) is 0 Å². The van der Waals surface area contributed by atoms with Gasteiger partial charge in [0.1, 0.15) is 9.98 Å². The summed E-state index contributed by atoms with van der Waals surface area (Å²) < 4.78 is 0. The molecule has 0 N–H and O–H groups in total. The van der Waals surface area contributed by atoms with Gasteiger partial charge in [-0.05, 0) is 18.6 Å². The lowest BCUT2D eigenvalue weighted by atomic mass is 10.0. The second-order valence-electron chi connectivity index (χ2n) is 5.51. The van der Waals surface area contributed by atoms with E-state index in [1.54, 1.807) is 0 Å². The molecule has 0 bridgehead atoms. The molecule has 25 heavy (non-hydrogen) atoms. The molecule has 0 saturated heterocycles. The number of nitrogens with zero attached hydrogens (tertiary/aromatic N) is 2. The topological polar surface area (TPSA) is 6.48 Å². The fourth-order valence-corrected chi connectivity index (χ4v) is 4.19. The van der Waals surface area contributed by atoms with E-state index in [0.29, 0.717) is 0 Å². The van der Waals surface area contributed by atoms with Crippen LogP contribution in [0.3, 0.4) is 0 Å². The monoisotopic (exact) mass is 450 g/mol. The van der Waals surface area contributed by atoms with Crippen LogP contribution in [0, 0.1) is 6.92 Å². The van der Waals surface area contributed by atoms with Crippen LogP contribution in [0.1, 0.15) is 16.7 Å². The number of hydrogen-bond acceptors (Lipinski definition) is 6. The van der Waals surface area contributed by atoms with Gasteiger partial charge in [0.25, 0.3) is 0 Å². The van der Waals surface area contributed by atoms with Crippen molar-refractivity contribution >= 4 is 84.9 Å². The van der Waals surface area contributed by atoms with E-state index in [1.807, 2.05) is 0 Å². The molecule has 1 aromatic rings. The van der Waals surface area contributed by atoms with Crippen molar-refractivity contribution in [2.24, 2.45) is 0 Å². The van der Waals surface area contributed by atoms with Gasteiger partial charge in [-0.1, -0.05) is 36.6 Å². The average molecular weight is 451 g/mol. The van der Waals surface area contributed by atoms with Crippen molar-refractivity contribution in [3.8, 4) is 0 Å². The Morgan fingerprint density at radius 3 is 1.64 bits per heavy atom. The van der Waals surface area contributed by atoms with E-state index in [1.165, 1.54) is 0 Å². The van der Waals surface area contributed by atoms with Crippen molar-refractivity contribution in [3.05, 3.63) is 34.9 Å². The largest absolute Gasteiger partial charge is 0.361 e. The lowest BCUT2D eigenvalue weighted by Crippen LogP contribution is -2.35. The third-order valence-electron chi connectivity index (χ3n) is 3.76. The molecule has 0 radical (unpaired) electrons. The van der Waals surface area contributed by atoms with Gasteiger partial charge < -0.3 is 9.80 Å². The van der Waals surface area contributed by atoms with E-state index in [-0.39, 0.29) is 0 Å². The Bertz CT molecular complexity index is 566. The minimum atomic E-state index is 0.761. The highest BCUT2D eigenvalue weighted by molar-refractivity contribution is 7.81. The third-order valence-corrected chi connectivity index (χ3v) is 5.53. The van der Waals surface area contributed by atoms with E-state index >= 15 is 0 Å². The molecular weight excluding hydrogens is 425 g/mol. The number of rotatable bonds is 10. The lowest BCUT2D eigenvalue weighted by molar-refractivity contribution is 0.482. The summed E-state index contributed by atoms with van der Waals surface area (Å²) in [7, 11) is 0. The molecule has 0 aliphatic carbocycles. The van der Waals surface area contributed by atoms with Gasteiger partial charge in [0.2, 0.25) is 0 Å². The zero-order valence-corrected chi connectivity index (χ0v) is 19.6. The molecule has 0 aromatic heterocycles. The Labute approximate surface area is 184 Å². The first-order chi connectivity index (χ1) is 12.0. The van der Waals surface area contributed by atoms with Crippen LogP contribution in [-0.4, -0.2) is 69.0 Å². The Morgan fingerprint density at radius 2 is 1.24 bits per heavy atom. The van der Waals surface area contributed by atoms with Crippen LogP contribution in [-0.2, 0) is 0 Å². The van der Waals surface area contributed by atoms with Gasteiger partial charge in [0.15, 0.2) is 0 Å². The van der Waals surface area contributed by atoms with Crippen LogP contribution < -0.4 is 0 Å². The SMILES string of the molecule is Cc1cc(C(=S)N(CCS)CCS)ccc1C(=S)N(CCS)CCS. The van der Waals surface area contributed by atoms with Crippen LogP contribution in [0.5, 0.6) is 0 Å². The van der Waals surface area contributed by atoms with E-state index < -0.39 is 0 Å². The van der Waals surface area contributed by atoms with Crippen molar-refractivity contribution < 1.29 is 0 Å². The summed E-state index contributed by atoms with van der Waals surface area (Å²) >= 11 is 28.7. The molecule has 0 spiro atoms. The van der Waals surface area contributed by atoms with Crippen LogP contribution in [0.25, 0.3) is 0 Å². The lowest BCUT2D eigenvalue weighted by Gasteiger charge is -2.26. The van der Waals surface area contributed by atoms with Gasteiger partial charge in [0, 0.05) is 60.3 Å². The molecule has 1 aromatic carbocycles. The third kappa shape index (κ3) is 7.14. The quantitative estimate of drug-likeness (QED) is 0.319. The highest BCUT2D eigenvalue weighted by Crippen LogP contribution is 2.17. The highest BCUT2D eigenvalue weighted by Gasteiger charge is 2.16. The van der Waals surface area contributed by atoms with Gasteiger partial charge in [-0.15, -0.1) is 0 Å². The summed E-state index contributed by atoms with van der Waals surface area (Å²) in [6, 6.07) is 6.25. The first-order valence-corrected chi connectivity index (χ1v) is 11.5. The summed E-state index contributed by atoms with van der Waals surface area (Å²) in [4.78, 5) is 5.99. The second kappa shape index (κ2) is 12.7. The van der Waals surface area contributed by atoms with Crippen molar-refractivity contribution in [2.45, 2.75) is 6.92 Å². The second-order valence-corrected chi connectivity index (χ2v) is 8.07. The molecule has 2 nitrogen and oxygen atoms in total. The zero-order valence-electron chi connectivity index (χ0n) is 14.4. The number of aryl methyl sites for hydroxylation is 1. The fraction of sp³-hybridized carbons (Fsp3) is 0.529. The molecule has 0 saturated carbocycles. The molecular formula is C17H26N2S6. The van der Waals surface area contributed by atoms with E-state index in [0.717, 1.165) is 75.9 Å². The van der Waals surface area contributed by atoms with E-state index in [9.17, 15) is 0 Å². The van der Waals surface area contributed by atoms with E-state index in [4.69, 9.17) is 24.4 Å².